The predicted molar refractivity (Wildman–Crippen MR) is 75.0 cm³/mol. The average molecular weight is 269 g/mol. The van der Waals surface area contributed by atoms with Crippen molar-refractivity contribution in [2.75, 3.05) is 19.7 Å². The molecule has 2 aliphatic rings. The fourth-order valence-electron chi connectivity index (χ4n) is 3.38. The van der Waals surface area contributed by atoms with Crippen LogP contribution < -0.4 is 5.32 Å². The monoisotopic (exact) mass is 269 g/mol. The van der Waals surface area contributed by atoms with Crippen molar-refractivity contribution < 1.29 is 14.8 Å². The van der Waals surface area contributed by atoms with Crippen LogP contribution in [0, 0.1) is 0 Å². The molecule has 2 fully saturated rings. The summed E-state index contributed by atoms with van der Waals surface area (Å²) in [5, 5.41) is 2.60. The maximum Gasteiger partial charge on any atom is 0.409 e. The van der Waals surface area contributed by atoms with Crippen molar-refractivity contribution >= 4 is 6.09 Å². The van der Waals surface area contributed by atoms with Crippen LogP contribution in [0.2, 0.25) is 0 Å². The maximum atomic E-state index is 11.6. The third-order valence-corrected chi connectivity index (χ3v) is 4.51. The lowest BCUT2D eigenvalue weighted by Crippen LogP contribution is -2.95. The molecule has 2 N–H and O–H groups in total. The van der Waals surface area contributed by atoms with E-state index in [1.165, 1.54) is 38.5 Å². The van der Waals surface area contributed by atoms with Crippen LogP contribution in [-0.4, -0.2) is 42.8 Å². The van der Waals surface area contributed by atoms with Gasteiger partial charge in [-0.3, -0.25) is 0 Å². The molecular formula is C15H29N2O2+. The Bertz CT molecular complexity index is 267. The van der Waals surface area contributed by atoms with Crippen molar-refractivity contribution in [1.82, 2.24) is 4.90 Å². The van der Waals surface area contributed by atoms with Gasteiger partial charge in [-0.05, 0) is 32.6 Å². The summed E-state index contributed by atoms with van der Waals surface area (Å²) < 4.78 is 5.06. The third kappa shape index (κ3) is 4.68. The molecule has 0 aromatic heterocycles. The number of hydrogen-bond donors (Lipinski definition) is 1. The van der Waals surface area contributed by atoms with Gasteiger partial charge in [0.2, 0.25) is 0 Å². The Balaban J connectivity index is 1.69. The van der Waals surface area contributed by atoms with Crippen LogP contribution in [0.1, 0.15) is 58.3 Å². The Kier molecular flexibility index (Phi) is 5.95. The third-order valence-electron chi connectivity index (χ3n) is 4.51. The molecule has 1 heterocycles. The van der Waals surface area contributed by atoms with Crippen LogP contribution >= 0.6 is 0 Å². The van der Waals surface area contributed by atoms with E-state index in [0.29, 0.717) is 12.6 Å². The number of rotatable bonds is 3. The van der Waals surface area contributed by atoms with Crippen molar-refractivity contribution in [2.24, 2.45) is 0 Å². The first kappa shape index (κ1) is 14.6. The van der Waals surface area contributed by atoms with Crippen molar-refractivity contribution in [3.8, 4) is 0 Å². The first-order valence-corrected chi connectivity index (χ1v) is 8.06. The SMILES string of the molecule is CCOC(=O)N1CCC([NH2+]C2CCCCCC2)CC1. The zero-order chi connectivity index (χ0) is 13.5. The minimum absolute atomic E-state index is 0.129. The van der Waals surface area contributed by atoms with Crippen LogP contribution in [0.25, 0.3) is 0 Å². The van der Waals surface area contributed by atoms with Crippen LogP contribution in [0.3, 0.4) is 0 Å². The molecule has 1 aliphatic carbocycles. The second kappa shape index (κ2) is 7.73. The largest absolute Gasteiger partial charge is 0.450 e. The standard InChI is InChI=1S/C15H28N2O2/c1-2-19-15(18)17-11-9-14(10-12-17)16-13-7-5-3-4-6-8-13/h13-14,16H,2-12H2,1H3/p+1. The number of carbonyl (C=O) groups excluding carboxylic acids is 1. The molecule has 0 radical (unpaired) electrons. The minimum atomic E-state index is -0.129. The molecule has 0 aromatic carbocycles. The van der Waals surface area contributed by atoms with Gasteiger partial charge >= 0.3 is 6.09 Å². The second-order valence-corrected chi connectivity index (χ2v) is 5.97. The summed E-state index contributed by atoms with van der Waals surface area (Å²) in [5.74, 6) is 0. The number of likely N-dealkylation sites (tertiary alicyclic amines) is 1. The van der Waals surface area contributed by atoms with E-state index in [0.717, 1.165) is 32.0 Å². The second-order valence-electron chi connectivity index (χ2n) is 5.97. The highest BCUT2D eigenvalue weighted by atomic mass is 16.6. The van der Waals surface area contributed by atoms with Crippen LogP contribution in [0.15, 0.2) is 0 Å². The number of piperidine rings is 1. The Morgan fingerprint density at radius 1 is 1.05 bits per heavy atom. The first-order chi connectivity index (χ1) is 9.29. The van der Waals surface area contributed by atoms with E-state index >= 15 is 0 Å². The van der Waals surface area contributed by atoms with Crippen LogP contribution in [0.5, 0.6) is 0 Å². The van der Waals surface area contributed by atoms with E-state index < -0.39 is 0 Å². The quantitative estimate of drug-likeness (QED) is 0.795. The molecule has 2 rings (SSSR count). The zero-order valence-electron chi connectivity index (χ0n) is 12.3. The van der Waals surface area contributed by atoms with Crippen molar-refractivity contribution in [3.63, 3.8) is 0 Å². The topological polar surface area (TPSA) is 46.1 Å². The molecule has 1 amide bonds. The van der Waals surface area contributed by atoms with Crippen LogP contribution in [0.4, 0.5) is 4.79 Å². The Labute approximate surface area is 116 Å². The highest BCUT2D eigenvalue weighted by molar-refractivity contribution is 5.67. The lowest BCUT2D eigenvalue weighted by molar-refractivity contribution is -0.724. The molecule has 0 atom stereocenters. The van der Waals surface area contributed by atoms with Crippen LogP contribution in [-0.2, 0) is 4.74 Å². The Hall–Kier alpha value is -0.770. The van der Waals surface area contributed by atoms with E-state index in [4.69, 9.17) is 4.74 Å². The number of carbonyl (C=O) groups is 1. The Morgan fingerprint density at radius 3 is 2.21 bits per heavy atom. The molecule has 19 heavy (non-hydrogen) atoms. The van der Waals surface area contributed by atoms with Gasteiger partial charge in [0, 0.05) is 25.9 Å². The van der Waals surface area contributed by atoms with Crippen molar-refractivity contribution in [1.29, 1.82) is 0 Å². The van der Waals surface area contributed by atoms with Gasteiger partial charge in [-0.25, -0.2) is 4.79 Å². The maximum absolute atomic E-state index is 11.6. The number of quaternary nitrogens is 1. The highest BCUT2D eigenvalue weighted by Gasteiger charge is 2.27. The molecule has 0 spiro atoms. The lowest BCUT2D eigenvalue weighted by atomic mass is 10.0. The Morgan fingerprint density at radius 2 is 1.63 bits per heavy atom. The minimum Gasteiger partial charge on any atom is -0.450 e. The number of nitrogens with zero attached hydrogens (tertiary/aromatic N) is 1. The molecule has 4 nitrogen and oxygen atoms in total. The fourth-order valence-corrected chi connectivity index (χ4v) is 3.38. The molecule has 0 unspecified atom stereocenters. The molecule has 0 aromatic rings. The smallest absolute Gasteiger partial charge is 0.409 e. The summed E-state index contributed by atoms with van der Waals surface area (Å²) in [7, 11) is 0. The molecule has 4 heteroatoms. The fraction of sp³-hybridized carbons (Fsp3) is 0.933. The normalized spacial score (nSPS) is 23.1. The number of amides is 1. The summed E-state index contributed by atoms with van der Waals surface area (Å²) >= 11 is 0. The van der Waals surface area contributed by atoms with E-state index in [1.54, 1.807) is 0 Å². The number of ether oxygens (including phenoxy) is 1. The van der Waals surface area contributed by atoms with Gasteiger partial charge in [0.15, 0.2) is 0 Å². The van der Waals surface area contributed by atoms with E-state index in [2.05, 4.69) is 5.32 Å². The van der Waals surface area contributed by atoms with Gasteiger partial charge in [0.1, 0.15) is 0 Å². The van der Waals surface area contributed by atoms with Crippen molar-refractivity contribution in [2.45, 2.75) is 70.4 Å². The van der Waals surface area contributed by atoms with Gasteiger partial charge in [0.05, 0.1) is 18.7 Å². The van der Waals surface area contributed by atoms with E-state index in [9.17, 15) is 4.79 Å². The molecule has 1 saturated carbocycles. The van der Waals surface area contributed by atoms with Gasteiger partial charge in [0.25, 0.3) is 0 Å². The highest BCUT2D eigenvalue weighted by Crippen LogP contribution is 2.16. The molecular weight excluding hydrogens is 240 g/mol. The number of hydrogen-bond acceptors (Lipinski definition) is 2. The molecule has 1 aliphatic heterocycles. The zero-order valence-corrected chi connectivity index (χ0v) is 12.3. The summed E-state index contributed by atoms with van der Waals surface area (Å²) in [5.41, 5.74) is 0. The van der Waals surface area contributed by atoms with E-state index in [-0.39, 0.29) is 6.09 Å². The van der Waals surface area contributed by atoms with Gasteiger partial charge < -0.3 is 15.0 Å². The number of nitrogens with two attached hydrogens (primary N) is 1. The summed E-state index contributed by atoms with van der Waals surface area (Å²) in [6, 6.07) is 1.55. The predicted octanol–water partition coefficient (Wildman–Crippen LogP) is 1.89. The van der Waals surface area contributed by atoms with Gasteiger partial charge in [-0.1, -0.05) is 12.8 Å². The molecule has 1 saturated heterocycles. The summed E-state index contributed by atoms with van der Waals surface area (Å²) in [6.07, 6.45) is 10.5. The molecule has 110 valence electrons. The summed E-state index contributed by atoms with van der Waals surface area (Å²) in [4.78, 5) is 13.5. The first-order valence-electron chi connectivity index (χ1n) is 8.06. The van der Waals surface area contributed by atoms with Gasteiger partial charge in [-0.2, -0.15) is 0 Å². The van der Waals surface area contributed by atoms with Crippen molar-refractivity contribution in [3.05, 3.63) is 0 Å². The van der Waals surface area contributed by atoms with E-state index in [1.807, 2.05) is 11.8 Å². The lowest BCUT2D eigenvalue weighted by Gasteiger charge is -2.31. The molecule has 0 bridgehead atoms. The van der Waals surface area contributed by atoms with Gasteiger partial charge in [-0.15, -0.1) is 0 Å². The average Bonchev–Trinajstić information content (AvgIpc) is 2.68. The summed E-state index contributed by atoms with van der Waals surface area (Å²) in [6.45, 7) is 4.08.